The second-order valence-corrected chi connectivity index (χ2v) is 7.09. The molecule has 1 atom stereocenters. The lowest BCUT2D eigenvalue weighted by Gasteiger charge is -2.14. The number of aromatic nitrogens is 3. The van der Waals surface area contributed by atoms with Gasteiger partial charge in [0.2, 0.25) is 0 Å². The van der Waals surface area contributed by atoms with Crippen molar-refractivity contribution in [2.75, 3.05) is 18.8 Å². The number of pyridine rings is 1. The van der Waals surface area contributed by atoms with E-state index < -0.39 is 0 Å². The van der Waals surface area contributed by atoms with E-state index in [1.807, 2.05) is 24.4 Å². The average Bonchev–Trinajstić information content (AvgIpc) is 3.31. The molecule has 0 aliphatic carbocycles. The highest BCUT2D eigenvalue weighted by atomic mass is 127. The Balaban J connectivity index is 0.00000225. The molecular formula is C17H25IN6S. The molecule has 8 heteroatoms. The second-order valence-electron chi connectivity index (χ2n) is 5.68. The number of nitrogens with zero attached hydrogens (tertiary/aromatic N) is 4. The highest BCUT2D eigenvalue weighted by Gasteiger charge is 2.15. The first kappa shape index (κ1) is 20.0. The molecule has 1 saturated heterocycles. The zero-order valence-electron chi connectivity index (χ0n) is 14.4. The highest BCUT2D eigenvalue weighted by molar-refractivity contribution is 14.0. The molecule has 3 rings (SSSR count). The molecule has 2 aromatic heterocycles. The largest absolute Gasteiger partial charge is 0.357 e. The molecule has 3 heterocycles. The Morgan fingerprint density at radius 2 is 2.32 bits per heavy atom. The monoisotopic (exact) mass is 472 g/mol. The fourth-order valence-electron chi connectivity index (χ4n) is 2.62. The molecular weight excluding hydrogens is 447 g/mol. The number of halogens is 1. The molecule has 1 fully saturated rings. The highest BCUT2D eigenvalue weighted by Crippen LogP contribution is 2.25. The number of rotatable bonds is 6. The Hall–Kier alpha value is -1.29. The summed E-state index contributed by atoms with van der Waals surface area (Å²) in [5.74, 6) is 2.98. The van der Waals surface area contributed by atoms with Crippen molar-refractivity contribution in [1.82, 2.24) is 25.4 Å². The lowest BCUT2D eigenvalue weighted by molar-refractivity contribution is 0.727. The van der Waals surface area contributed by atoms with Crippen molar-refractivity contribution in [3.05, 3.63) is 42.4 Å². The number of aliphatic imine (C=N–C) groups is 1. The predicted molar refractivity (Wildman–Crippen MR) is 115 cm³/mol. The fraction of sp³-hybridized carbons (Fsp3) is 0.471. The van der Waals surface area contributed by atoms with Crippen molar-refractivity contribution in [3.63, 3.8) is 0 Å². The van der Waals surface area contributed by atoms with Crippen LogP contribution in [0, 0.1) is 0 Å². The van der Waals surface area contributed by atoms with Crippen molar-refractivity contribution in [1.29, 1.82) is 0 Å². The van der Waals surface area contributed by atoms with Crippen molar-refractivity contribution >= 4 is 41.7 Å². The van der Waals surface area contributed by atoms with E-state index in [-0.39, 0.29) is 24.0 Å². The van der Waals surface area contributed by atoms with E-state index in [4.69, 9.17) is 4.99 Å². The summed E-state index contributed by atoms with van der Waals surface area (Å²) in [6.45, 7) is 4.54. The summed E-state index contributed by atoms with van der Waals surface area (Å²) in [6, 6.07) is 5.90. The molecule has 1 aliphatic heterocycles. The van der Waals surface area contributed by atoms with E-state index in [0.717, 1.165) is 30.4 Å². The van der Waals surface area contributed by atoms with Gasteiger partial charge in [-0.2, -0.15) is 16.9 Å². The summed E-state index contributed by atoms with van der Waals surface area (Å²) in [5, 5.41) is 11.7. The van der Waals surface area contributed by atoms with Crippen LogP contribution in [0.2, 0.25) is 0 Å². The zero-order valence-corrected chi connectivity index (χ0v) is 17.5. The molecule has 0 amide bonds. The van der Waals surface area contributed by atoms with Gasteiger partial charge in [0, 0.05) is 36.9 Å². The maximum atomic E-state index is 4.69. The predicted octanol–water partition coefficient (Wildman–Crippen LogP) is 2.84. The van der Waals surface area contributed by atoms with Crippen LogP contribution >= 0.6 is 35.7 Å². The van der Waals surface area contributed by atoms with Gasteiger partial charge in [0.05, 0.1) is 6.54 Å². The first-order chi connectivity index (χ1) is 11.8. The number of guanidine groups is 1. The van der Waals surface area contributed by atoms with Gasteiger partial charge in [-0.1, -0.05) is 0 Å². The van der Waals surface area contributed by atoms with E-state index in [2.05, 4.69) is 39.4 Å². The summed E-state index contributed by atoms with van der Waals surface area (Å²) in [6.07, 6.45) is 8.07. The first-order valence-electron chi connectivity index (χ1n) is 8.44. The van der Waals surface area contributed by atoms with Gasteiger partial charge in [0.25, 0.3) is 0 Å². The lowest BCUT2D eigenvalue weighted by Crippen LogP contribution is -2.40. The van der Waals surface area contributed by atoms with Gasteiger partial charge >= 0.3 is 0 Å². The minimum Gasteiger partial charge on any atom is -0.357 e. The molecule has 0 radical (unpaired) electrons. The quantitative estimate of drug-likeness (QED) is 0.385. The third-order valence-electron chi connectivity index (χ3n) is 3.83. The first-order valence-corrected chi connectivity index (χ1v) is 9.49. The van der Waals surface area contributed by atoms with E-state index in [1.54, 1.807) is 17.1 Å². The van der Waals surface area contributed by atoms with Crippen LogP contribution in [0.25, 0.3) is 5.82 Å². The molecule has 0 aromatic carbocycles. The summed E-state index contributed by atoms with van der Waals surface area (Å²) < 4.78 is 1.76. The number of thioether (sulfide) groups is 1. The number of hydrogen-bond donors (Lipinski definition) is 2. The average molecular weight is 472 g/mol. The third-order valence-corrected chi connectivity index (χ3v) is 5.23. The van der Waals surface area contributed by atoms with Gasteiger partial charge in [-0.3, -0.25) is 0 Å². The lowest BCUT2D eigenvalue weighted by atomic mass is 10.2. The van der Waals surface area contributed by atoms with Crippen molar-refractivity contribution < 1.29 is 0 Å². The molecule has 0 saturated carbocycles. The van der Waals surface area contributed by atoms with Gasteiger partial charge in [0.1, 0.15) is 0 Å². The topological polar surface area (TPSA) is 67.1 Å². The van der Waals surface area contributed by atoms with Gasteiger partial charge in [-0.05, 0) is 49.3 Å². The SMILES string of the molecule is CCNC(=NCc1ccnc(-n2cccn2)c1)NCC1CCCS1.I. The molecule has 25 heavy (non-hydrogen) atoms. The summed E-state index contributed by atoms with van der Waals surface area (Å²) in [4.78, 5) is 9.05. The summed E-state index contributed by atoms with van der Waals surface area (Å²) in [5.41, 5.74) is 1.11. The minimum atomic E-state index is 0. The minimum absolute atomic E-state index is 0. The van der Waals surface area contributed by atoms with Crippen LogP contribution < -0.4 is 10.6 Å². The Bertz CT molecular complexity index is 655. The van der Waals surface area contributed by atoms with Gasteiger partial charge in [0.15, 0.2) is 11.8 Å². The van der Waals surface area contributed by atoms with Crippen LogP contribution in [0.5, 0.6) is 0 Å². The van der Waals surface area contributed by atoms with Crippen LogP contribution in [0.1, 0.15) is 25.3 Å². The second kappa shape index (κ2) is 10.6. The van der Waals surface area contributed by atoms with E-state index >= 15 is 0 Å². The maximum absolute atomic E-state index is 4.69. The van der Waals surface area contributed by atoms with Gasteiger partial charge in [-0.25, -0.2) is 14.7 Å². The maximum Gasteiger partial charge on any atom is 0.191 e. The van der Waals surface area contributed by atoms with E-state index in [0.29, 0.717) is 11.8 Å². The van der Waals surface area contributed by atoms with E-state index in [9.17, 15) is 0 Å². The summed E-state index contributed by atoms with van der Waals surface area (Å²) in [7, 11) is 0. The fourth-order valence-corrected chi connectivity index (χ4v) is 3.82. The molecule has 6 nitrogen and oxygen atoms in total. The molecule has 1 aliphatic rings. The van der Waals surface area contributed by atoms with Crippen LogP contribution in [-0.2, 0) is 6.54 Å². The third kappa shape index (κ3) is 6.18. The summed E-state index contributed by atoms with van der Waals surface area (Å²) >= 11 is 2.05. The number of nitrogens with one attached hydrogen (secondary N) is 2. The molecule has 2 aromatic rings. The standard InChI is InChI=1S/C17H24N6S.HI/c1-2-18-17(21-13-15-5-3-10-24-15)20-12-14-6-8-19-16(11-14)23-9-4-7-22-23;/h4,6-9,11,15H,2-3,5,10,12-13H2,1H3,(H2,18,20,21);1H. The Kier molecular flexibility index (Phi) is 8.53. The molecule has 0 spiro atoms. The molecule has 1 unspecified atom stereocenters. The van der Waals surface area contributed by atoms with Crippen LogP contribution in [-0.4, -0.2) is 44.8 Å². The normalized spacial score (nSPS) is 17.2. The molecule has 2 N–H and O–H groups in total. The zero-order chi connectivity index (χ0) is 16.6. The smallest absolute Gasteiger partial charge is 0.191 e. The molecule has 0 bridgehead atoms. The van der Waals surface area contributed by atoms with E-state index in [1.165, 1.54) is 18.6 Å². The van der Waals surface area contributed by atoms with Crippen molar-refractivity contribution in [2.24, 2.45) is 4.99 Å². The van der Waals surface area contributed by atoms with Crippen LogP contribution in [0.3, 0.4) is 0 Å². The van der Waals surface area contributed by atoms with Crippen LogP contribution in [0.15, 0.2) is 41.8 Å². The van der Waals surface area contributed by atoms with Gasteiger partial charge in [-0.15, -0.1) is 24.0 Å². The van der Waals surface area contributed by atoms with Gasteiger partial charge < -0.3 is 10.6 Å². The number of hydrogen-bond acceptors (Lipinski definition) is 4. The van der Waals surface area contributed by atoms with Crippen molar-refractivity contribution in [2.45, 2.75) is 31.6 Å². The van der Waals surface area contributed by atoms with Crippen molar-refractivity contribution in [3.8, 4) is 5.82 Å². The Morgan fingerprint density at radius 1 is 1.40 bits per heavy atom. The molecule has 136 valence electrons. The Labute approximate surface area is 170 Å². The Morgan fingerprint density at radius 3 is 3.04 bits per heavy atom. The van der Waals surface area contributed by atoms with Crippen LogP contribution in [0.4, 0.5) is 0 Å².